The Balaban J connectivity index is 1.75. The molecule has 0 spiro atoms. The fourth-order valence-electron chi connectivity index (χ4n) is 2.45. The molecule has 2 aliphatic rings. The molecule has 2 amide bonds. The predicted octanol–water partition coefficient (Wildman–Crippen LogP) is 1.63. The first-order valence-electron chi connectivity index (χ1n) is 7.09. The molecule has 0 atom stereocenters. The van der Waals surface area contributed by atoms with Gasteiger partial charge in [0.05, 0.1) is 5.54 Å². The van der Waals surface area contributed by atoms with Crippen LogP contribution in [0, 0.1) is 0 Å². The molecule has 1 saturated carbocycles. The van der Waals surface area contributed by atoms with Crippen molar-refractivity contribution in [2.75, 3.05) is 16.8 Å². The van der Waals surface area contributed by atoms with E-state index in [1.165, 1.54) is 0 Å². The highest BCUT2D eigenvalue weighted by Gasteiger charge is 2.45. The lowest BCUT2D eigenvalue weighted by atomic mass is 10.1. The van der Waals surface area contributed by atoms with E-state index < -0.39 is 5.54 Å². The molecule has 3 N–H and O–H groups in total. The lowest BCUT2D eigenvalue weighted by Gasteiger charge is -2.27. The quantitative estimate of drug-likeness (QED) is 0.879. The van der Waals surface area contributed by atoms with Crippen LogP contribution in [-0.2, 0) is 9.59 Å². The third-order valence-corrected chi connectivity index (χ3v) is 3.98. The Labute approximate surface area is 118 Å². The zero-order valence-corrected chi connectivity index (χ0v) is 11.4. The van der Waals surface area contributed by atoms with E-state index in [1.807, 2.05) is 24.3 Å². The summed E-state index contributed by atoms with van der Waals surface area (Å²) in [7, 11) is 0. The summed E-state index contributed by atoms with van der Waals surface area (Å²) >= 11 is 0. The molecule has 0 radical (unpaired) electrons. The van der Waals surface area contributed by atoms with E-state index in [0.717, 1.165) is 37.9 Å². The van der Waals surface area contributed by atoms with Gasteiger partial charge in [-0.15, -0.1) is 0 Å². The normalized spacial score (nSPS) is 20.6. The molecular weight excluding hydrogens is 254 g/mol. The maximum Gasteiger partial charge on any atom is 0.244 e. The van der Waals surface area contributed by atoms with Crippen LogP contribution in [0.25, 0.3) is 0 Å². The SMILES string of the molecule is NC1(C(=O)Nc2cccc(N3CCCCC3=O)c2)CC1. The standard InChI is InChI=1S/C15H19N3O2/c16-15(7-8-15)14(20)17-11-4-3-5-12(10-11)18-9-2-1-6-13(18)19/h3-5,10H,1-2,6-9,16H2,(H,17,20). The minimum absolute atomic E-state index is 0.139. The first-order chi connectivity index (χ1) is 9.58. The molecule has 20 heavy (non-hydrogen) atoms. The first kappa shape index (κ1) is 13.1. The van der Waals surface area contributed by atoms with Gasteiger partial charge in [0.2, 0.25) is 11.8 Å². The molecule has 3 rings (SSSR count). The van der Waals surface area contributed by atoms with E-state index in [9.17, 15) is 9.59 Å². The van der Waals surface area contributed by atoms with Crippen LogP contribution < -0.4 is 16.0 Å². The number of nitrogens with zero attached hydrogens (tertiary/aromatic N) is 1. The highest BCUT2D eigenvalue weighted by atomic mass is 16.2. The number of nitrogens with one attached hydrogen (secondary N) is 1. The van der Waals surface area contributed by atoms with E-state index in [4.69, 9.17) is 5.73 Å². The van der Waals surface area contributed by atoms with Crippen LogP contribution in [0.3, 0.4) is 0 Å². The smallest absolute Gasteiger partial charge is 0.244 e. The molecule has 1 heterocycles. The van der Waals surface area contributed by atoms with Crippen molar-refractivity contribution in [3.63, 3.8) is 0 Å². The number of rotatable bonds is 3. The average Bonchev–Trinajstić information content (AvgIpc) is 3.19. The Kier molecular flexibility index (Phi) is 3.22. The van der Waals surface area contributed by atoms with Crippen LogP contribution in [0.5, 0.6) is 0 Å². The number of benzene rings is 1. The Hall–Kier alpha value is -1.88. The van der Waals surface area contributed by atoms with Crippen molar-refractivity contribution in [1.29, 1.82) is 0 Å². The number of hydrogen-bond acceptors (Lipinski definition) is 3. The van der Waals surface area contributed by atoms with Crippen LogP contribution in [-0.4, -0.2) is 23.9 Å². The number of anilines is 2. The highest BCUT2D eigenvalue weighted by Crippen LogP contribution is 2.33. The zero-order chi connectivity index (χ0) is 14.2. The van der Waals surface area contributed by atoms with Gasteiger partial charge in [-0.2, -0.15) is 0 Å². The summed E-state index contributed by atoms with van der Waals surface area (Å²) in [5.41, 5.74) is 6.72. The molecule has 2 fully saturated rings. The fraction of sp³-hybridized carbons (Fsp3) is 0.467. The lowest BCUT2D eigenvalue weighted by Crippen LogP contribution is -2.38. The Morgan fingerprint density at radius 1 is 1.30 bits per heavy atom. The second kappa shape index (κ2) is 4.90. The number of amides is 2. The van der Waals surface area contributed by atoms with Crippen LogP contribution >= 0.6 is 0 Å². The van der Waals surface area contributed by atoms with Crippen molar-refractivity contribution in [2.45, 2.75) is 37.6 Å². The Morgan fingerprint density at radius 3 is 2.80 bits per heavy atom. The fourth-order valence-corrected chi connectivity index (χ4v) is 2.45. The molecule has 1 aromatic carbocycles. The van der Waals surface area contributed by atoms with E-state index in [-0.39, 0.29) is 11.8 Å². The molecular formula is C15H19N3O2. The number of nitrogens with two attached hydrogens (primary N) is 1. The van der Waals surface area contributed by atoms with Gasteiger partial charge in [-0.3, -0.25) is 9.59 Å². The average molecular weight is 273 g/mol. The highest BCUT2D eigenvalue weighted by molar-refractivity contribution is 6.01. The van der Waals surface area contributed by atoms with Crippen LogP contribution in [0.1, 0.15) is 32.1 Å². The van der Waals surface area contributed by atoms with Gasteiger partial charge in [0.1, 0.15) is 0 Å². The number of hydrogen-bond donors (Lipinski definition) is 2. The van der Waals surface area contributed by atoms with E-state index >= 15 is 0 Å². The molecule has 0 unspecified atom stereocenters. The number of carbonyl (C=O) groups is 2. The van der Waals surface area contributed by atoms with Crippen molar-refractivity contribution in [3.8, 4) is 0 Å². The summed E-state index contributed by atoms with van der Waals surface area (Å²) in [6, 6.07) is 7.41. The zero-order valence-electron chi connectivity index (χ0n) is 11.4. The van der Waals surface area contributed by atoms with Gasteiger partial charge in [0.15, 0.2) is 0 Å². The second-order valence-corrected chi connectivity index (χ2v) is 5.66. The van der Waals surface area contributed by atoms with Gasteiger partial charge in [0, 0.05) is 24.3 Å². The molecule has 1 aromatic rings. The third kappa shape index (κ3) is 2.54. The summed E-state index contributed by atoms with van der Waals surface area (Å²) in [5.74, 6) is 0.0110. The Bertz CT molecular complexity index is 552. The van der Waals surface area contributed by atoms with Crippen molar-refractivity contribution in [3.05, 3.63) is 24.3 Å². The maximum atomic E-state index is 11.9. The monoisotopic (exact) mass is 273 g/mol. The van der Waals surface area contributed by atoms with Gasteiger partial charge < -0.3 is 16.0 Å². The van der Waals surface area contributed by atoms with Crippen molar-refractivity contribution in [2.24, 2.45) is 5.73 Å². The van der Waals surface area contributed by atoms with Gasteiger partial charge in [-0.05, 0) is 43.9 Å². The van der Waals surface area contributed by atoms with E-state index in [2.05, 4.69) is 5.32 Å². The molecule has 1 saturated heterocycles. The molecule has 0 aromatic heterocycles. The van der Waals surface area contributed by atoms with Crippen LogP contribution in [0.2, 0.25) is 0 Å². The molecule has 106 valence electrons. The van der Waals surface area contributed by atoms with Crippen molar-refractivity contribution >= 4 is 23.2 Å². The Morgan fingerprint density at radius 2 is 2.10 bits per heavy atom. The maximum absolute atomic E-state index is 11.9. The summed E-state index contributed by atoms with van der Waals surface area (Å²) < 4.78 is 0. The number of piperidine rings is 1. The minimum atomic E-state index is -0.684. The van der Waals surface area contributed by atoms with Gasteiger partial charge in [-0.25, -0.2) is 0 Å². The van der Waals surface area contributed by atoms with Gasteiger partial charge >= 0.3 is 0 Å². The van der Waals surface area contributed by atoms with E-state index in [0.29, 0.717) is 12.1 Å². The third-order valence-electron chi connectivity index (χ3n) is 3.98. The molecule has 1 aliphatic heterocycles. The van der Waals surface area contributed by atoms with Crippen molar-refractivity contribution in [1.82, 2.24) is 0 Å². The molecule has 5 nitrogen and oxygen atoms in total. The minimum Gasteiger partial charge on any atom is -0.324 e. The van der Waals surface area contributed by atoms with Crippen LogP contribution in [0.15, 0.2) is 24.3 Å². The summed E-state index contributed by atoms with van der Waals surface area (Å²) in [5, 5.41) is 2.84. The summed E-state index contributed by atoms with van der Waals surface area (Å²) in [6.07, 6.45) is 4.06. The second-order valence-electron chi connectivity index (χ2n) is 5.66. The molecule has 5 heteroatoms. The topological polar surface area (TPSA) is 75.4 Å². The predicted molar refractivity (Wildman–Crippen MR) is 77.4 cm³/mol. The summed E-state index contributed by atoms with van der Waals surface area (Å²) in [4.78, 5) is 25.6. The lowest BCUT2D eigenvalue weighted by molar-refractivity contribution is -0.119. The largest absolute Gasteiger partial charge is 0.324 e. The molecule has 0 bridgehead atoms. The van der Waals surface area contributed by atoms with Gasteiger partial charge in [-0.1, -0.05) is 6.07 Å². The van der Waals surface area contributed by atoms with Gasteiger partial charge in [0.25, 0.3) is 0 Å². The first-order valence-corrected chi connectivity index (χ1v) is 7.09. The number of carbonyl (C=O) groups excluding carboxylic acids is 2. The van der Waals surface area contributed by atoms with Crippen LogP contribution in [0.4, 0.5) is 11.4 Å². The van der Waals surface area contributed by atoms with Crippen molar-refractivity contribution < 1.29 is 9.59 Å². The summed E-state index contributed by atoms with van der Waals surface area (Å²) in [6.45, 7) is 0.747. The molecule has 1 aliphatic carbocycles. The van der Waals surface area contributed by atoms with E-state index in [1.54, 1.807) is 4.90 Å².